The minimum absolute atomic E-state index is 0. The number of nitrogens with zero attached hydrogens (tertiary/aromatic N) is 4. The number of para-hydroxylation sites is 1. The number of halogens is 1. The first kappa shape index (κ1) is 25.8. The molecule has 1 aliphatic heterocycles. The molecule has 0 saturated carbocycles. The normalized spacial score (nSPS) is 15.9. The molecule has 0 spiro atoms. The lowest BCUT2D eigenvalue weighted by Gasteiger charge is -2.35. The number of aliphatic imine (C=N–C) groups is 1. The fourth-order valence-corrected chi connectivity index (χ4v) is 4.80. The van der Waals surface area contributed by atoms with Crippen LogP contribution in [-0.4, -0.2) is 80.3 Å². The van der Waals surface area contributed by atoms with Gasteiger partial charge in [0.25, 0.3) is 0 Å². The maximum Gasteiger partial charge on any atom is 0.216 e. The number of hydrogen-bond donors (Lipinski definition) is 1. The van der Waals surface area contributed by atoms with Gasteiger partial charge in [0.05, 0.1) is 24.0 Å². The molecule has 0 amide bonds. The molecule has 1 N–H and O–H groups in total. The van der Waals surface area contributed by atoms with E-state index in [-0.39, 0.29) is 42.4 Å². The fourth-order valence-electron chi connectivity index (χ4n) is 3.51. The first-order valence-electron chi connectivity index (χ1n) is 10.3. The molecule has 1 saturated heterocycles. The summed E-state index contributed by atoms with van der Waals surface area (Å²) in [4.78, 5) is 11.0. The highest BCUT2D eigenvalue weighted by Gasteiger charge is 2.28. The summed E-state index contributed by atoms with van der Waals surface area (Å²) in [5.41, 5.74) is 2.07. The summed E-state index contributed by atoms with van der Waals surface area (Å²) in [6.45, 7) is 6.71. The summed E-state index contributed by atoms with van der Waals surface area (Å²) in [6.07, 6.45) is 1.83. The van der Waals surface area contributed by atoms with E-state index in [0.717, 1.165) is 22.4 Å². The van der Waals surface area contributed by atoms with E-state index in [1.165, 1.54) is 0 Å². The number of sulfonamides is 1. The van der Waals surface area contributed by atoms with Gasteiger partial charge >= 0.3 is 0 Å². The van der Waals surface area contributed by atoms with Gasteiger partial charge in [-0.25, -0.2) is 8.42 Å². The van der Waals surface area contributed by atoms with Gasteiger partial charge in [-0.2, -0.15) is 4.31 Å². The SMILES string of the molecule is CN=C(NCc1cccc2cccnc12)N1CCN(S(=O)(=O)CCOC(C)C)CC1.I. The average molecular weight is 561 g/mol. The maximum atomic E-state index is 12.5. The van der Waals surface area contributed by atoms with Crippen molar-refractivity contribution in [3.05, 3.63) is 42.1 Å². The van der Waals surface area contributed by atoms with Gasteiger partial charge in [0, 0.05) is 51.4 Å². The average Bonchev–Trinajstić information content (AvgIpc) is 2.74. The Bertz CT molecular complexity index is 971. The topological polar surface area (TPSA) is 87.1 Å². The van der Waals surface area contributed by atoms with Crippen molar-refractivity contribution < 1.29 is 13.2 Å². The predicted molar refractivity (Wildman–Crippen MR) is 135 cm³/mol. The molecule has 10 heteroatoms. The van der Waals surface area contributed by atoms with Gasteiger partial charge in [0.2, 0.25) is 10.0 Å². The van der Waals surface area contributed by atoms with E-state index in [0.29, 0.717) is 32.7 Å². The van der Waals surface area contributed by atoms with E-state index in [9.17, 15) is 8.42 Å². The molecule has 3 rings (SSSR count). The lowest BCUT2D eigenvalue weighted by atomic mass is 10.1. The molecule has 0 aliphatic carbocycles. The van der Waals surface area contributed by atoms with Gasteiger partial charge in [0.1, 0.15) is 0 Å². The zero-order chi connectivity index (χ0) is 21.6. The minimum atomic E-state index is -3.30. The number of ether oxygens (including phenoxy) is 1. The van der Waals surface area contributed by atoms with Gasteiger partial charge in [-0.3, -0.25) is 9.98 Å². The van der Waals surface area contributed by atoms with Gasteiger partial charge in [-0.1, -0.05) is 24.3 Å². The molecule has 1 aromatic heterocycles. The van der Waals surface area contributed by atoms with Crippen LogP contribution in [0.2, 0.25) is 0 Å². The van der Waals surface area contributed by atoms with E-state index >= 15 is 0 Å². The first-order valence-corrected chi connectivity index (χ1v) is 11.9. The number of fused-ring (bicyclic) bond motifs is 1. The molecule has 8 nitrogen and oxygen atoms in total. The molecular weight excluding hydrogens is 529 g/mol. The van der Waals surface area contributed by atoms with E-state index < -0.39 is 10.0 Å². The standard InChI is InChI=1S/C21H31N5O3S.HI/c1-17(2)29-14-15-30(27,28)26-12-10-25(11-13-26)21(22-3)24-16-19-7-4-6-18-8-5-9-23-20(18)19;/h4-9,17H,10-16H2,1-3H3,(H,22,24);1H. The second kappa shape index (κ2) is 11.9. The minimum Gasteiger partial charge on any atom is -0.378 e. The van der Waals surface area contributed by atoms with Crippen LogP contribution in [0.4, 0.5) is 0 Å². The largest absolute Gasteiger partial charge is 0.378 e. The number of rotatable bonds is 7. The van der Waals surface area contributed by atoms with Gasteiger partial charge in [0.15, 0.2) is 5.96 Å². The van der Waals surface area contributed by atoms with Crippen LogP contribution in [0.5, 0.6) is 0 Å². The molecule has 1 aliphatic rings. The predicted octanol–water partition coefficient (Wildman–Crippen LogP) is 2.30. The molecule has 2 heterocycles. The Morgan fingerprint density at radius 1 is 1.19 bits per heavy atom. The highest BCUT2D eigenvalue weighted by atomic mass is 127. The van der Waals surface area contributed by atoms with Crippen molar-refractivity contribution in [2.45, 2.75) is 26.5 Å². The molecule has 0 radical (unpaired) electrons. The van der Waals surface area contributed by atoms with Crippen molar-refractivity contribution in [1.82, 2.24) is 19.5 Å². The molecule has 0 atom stereocenters. The summed E-state index contributed by atoms with van der Waals surface area (Å²) >= 11 is 0. The highest BCUT2D eigenvalue weighted by Crippen LogP contribution is 2.16. The van der Waals surface area contributed by atoms with E-state index in [1.807, 2.05) is 38.1 Å². The molecule has 0 bridgehead atoms. The lowest BCUT2D eigenvalue weighted by molar-refractivity contribution is 0.0904. The lowest BCUT2D eigenvalue weighted by Crippen LogP contribution is -2.54. The zero-order valence-electron chi connectivity index (χ0n) is 18.3. The number of benzene rings is 1. The molecule has 1 fully saturated rings. The van der Waals surface area contributed by atoms with Gasteiger partial charge in [-0.15, -0.1) is 24.0 Å². The van der Waals surface area contributed by atoms with Crippen molar-refractivity contribution in [2.75, 3.05) is 45.6 Å². The second-order valence-corrected chi connectivity index (χ2v) is 9.60. The Balaban J connectivity index is 0.00000341. The number of guanidine groups is 1. The summed E-state index contributed by atoms with van der Waals surface area (Å²) in [6, 6.07) is 10.1. The zero-order valence-corrected chi connectivity index (χ0v) is 21.5. The fraction of sp³-hybridized carbons (Fsp3) is 0.524. The van der Waals surface area contributed by atoms with Crippen molar-refractivity contribution in [3.63, 3.8) is 0 Å². The molecule has 2 aromatic rings. The summed E-state index contributed by atoms with van der Waals surface area (Å²) < 4.78 is 32.0. The van der Waals surface area contributed by atoms with Crippen molar-refractivity contribution in [2.24, 2.45) is 4.99 Å². The second-order valence-electron chi connectivity index (χ2n) is 7.51. The molecule has 172 valence electrons. The quantitative estimate of drug-likeness (QED) is 0.317. The summed E-state index contributed by atoms with van der Waals surface area (Å²) in [5, 5.41) is 4.50. The molecule has 0 unspecified atom stereocenters. The number of nitrogens with one attached hydrogen (secondary N) is 1. The third-order valence-electron chi connectivity index (χ3n) is 5.09. The van der Waals surface area contributed by atoms with Crippen LogP contribution in [0, 0.1) is 0 Å². The number of hydrogen-bond acceptors (Lipinski definition) is 5. The van der Waals surface area contributed by atoms with Crippen molar-refractivity contribution in [3.8, 4) is 0 Å². The molecule has 1 aromatic carbocycles. The van der Waals surface area contributed by atoms with Crippen molar-refractivity contribution >= 4 is 50.9 Å². The van der Waals surface area contributed by atoms with Gasteiger partial charge in [-0.05, 0) is 25.5 Å². The Hall–Kier alpha value is -1.50. The monoisotopic (exact) mass is 561 g/mol. The third-order valence-corrected chi connectivity index (χ3v) is 6.92. The van der Waals surface area contributed by atoms with E-state index in [2.05, 4.69) is 26.3 Å². The Morgan fingerprint density at radius 2 is 1.90 bits per heavy atom. The van der Waals surface area contributed by atoms with Gasteiger partial charge < -0.3 is 15.0 Å². The summed E-state index contributed by atoms with van der Waals surface area (Å²) in [5.74, 6) is 0.787. The highest BCUT2D eigenvalue weighted by molar-refractivity contribution is 14.0. The van der Waals surface area contributed by atoms with E-state index in [4.69, 9.17) is 4.74 Å². The summed E-state index contributed by atoms with van der Waals surface area (Å²) in [7, 11) is -1.56. The number of piperazine rings is 1. The Morgan fingerprint density at radius 3 is 2.58 bits per heavy atom. The molecule has 31 heavy (non-hydrogen) atoms. The Kier molecular flexibility index (Phi) is 9.91. The van der Waals surface area contributed by atoms with Crippen LogP contribution in [-0.2, 0) is 21.3 Å². The first-order chi connectivity index (χ1) is 14.4. The van der Waals surface area contributed by atoms with Crippen LogP contribution < -0.4 is 5.32 Å². The van der Waals surface area contributed by atoms with Crippen molar-refractivity contribution in [1.29, 1.82) is 0 Å². The van der Waals surface area contributed by atoms with Crippen LogP contribution in [0.3, 0.4) is 0 Å². The third kappa shape index (κ3) is 6.99. The van der Waals surface area contributed by atoms with Crippen LogP contribution in [0.1, 0.15) is 19.4 Å². The van der Waals surface area contributed by atoms with E-state index in [1.54, 1.807) is 17.5 Å². The van der Waals surface area contributed by atoms with Crippen LogP contribution in [0.25, 0.3) is 10.9 Å². The smallest absolute Gasteiger partial charge is 0.216 e. The maximum absolute atomic E-state index is 12.5. The van der Waals surface area contributed by atoms with Crippen LogP contribution >= 0.6 is 24.0 Å². The number of aromatic nitrogens is 1. The van der Waals surface area contributed by atoms with Crippen LogP contribution in [0.15, 0.2) is 41.5 Å². The number of pyridine rings is 1. The molecular formula is C21H32IN5O3S. The Labute approximate surface area is 202 Å².